The molecule has 0 unspecified atom stereocenters. The molecule has 3 rings (SSSR count). The summed E-state index contributed by atoms with van der Waals surface area (Å²) in [5.41, 5.74) is 0.0983. The lowest BCUT2D eigenvalue weighted by Crippen LogP contribution is -2.54. The smallest absolute Gasteiger partial charge is 0.315 e. The summed E-state index contributed by atoms with van der Waals surface area (Å²) >= 11 is 0. The molecule has 196 valence electrons. The predicted octanol–water partition coefficient (Wildman–Crippen LogP) is 6.40. The zero-order chi connectivity index (χ0) is 24.4. The Kier molecular flexibility index (Phi) is 10.4. The minimum Gasteiger partial charge on any atom is -0.338 e. The Labute approximate surface area is 208 Å². The van der Waals surface area contributed by atoms with Gasteiger partial charge in [0.2, 0.25) is 0 Å². The molecule has 3 fully saturated rings. The number of nitrogens with one attached hydrogen (secondary N) is 4. The van der Waals surface area contributed by atoms with Crippen molar-refractivity contribution in [3.63, 3.8) is 0 Å². The Bertz CT molecular complexity index is 636. The average molecular weight is 477 g/mol. The summed E-state index contributed by atoms with van der Waals surface area (Å²) < 4.78 is 0. The van der Waals surface area contributed by atoms with E-state index in [2.05, 4.69) is 42.0 Å². The van der Waals surface area contributed by atoms with Gasteiger partial charge in [-0.05, 0) is 55.8 Å². The minimum atomic E-state index is -0.0296. The van der Waals surface area contributed by atoms with Gasteiger partial charge in [-0.25, -0.2) is 9.59 Å². The molecule has 4 N–H and O–H groups in total. The van der Waals surface area contributed by atoms with Crippen molar-refractivity contribution in [1.29, 1.82) is 0 Å². The van der Waals surface area contributed by atoms with Crippen LogP contribution in [-0.2, 0) is 0 Å². The van der Waals surface area contributed by atoms with Gasteiger partial charge in [-0.2, -0.15) is 0 Å². The van der Waals surface area contributed by atoms with Crippen LogP contribution in [-0.4, -0.2) is 36.7 Å². The third-order valence-electron chi connectivity index (χ3n) is 8.34. The van der Waals surface area contributed by atoms with E-state index in [1.54, 1.807) is 0 Å². The maximum Gasteiger partial charge on any atom is 0.315 e. The molecule has 0 bridgehead atoms. The third kappa shape index (κ3) is 9.65. The van der Waals surface area contributed by atoms with Gasteiger partial charge in [0.25, 0.3) is 0 Å². The number of rotatable bonds is 5. The molecule has 34 heavy (non-hydrogen) atoms. The second-order valence-electron chi connectivity index (χ2n) is 12.8. The van der Waals surface area contributed by atoms with Crippen LogP contribution in [0.2, 0.25) is 0 Å². The van der Waals surface area contributed by atoms with E-state index in [-0.39, 0.29) is 28.9 Å². The van der Waals surface area contributed by atoms with E-state index < -0.39 is 0 Å². The summed E-state index contributed by atoms with van der Waals surface area (Å²) in [5, 5.41) is 13.0. The summed E-state index contributed by atoms with van der Waals surface area (Å²) in [6.45, 7) is 7.50. The fourth-order valence-electron chi connectivity index (χ4n) is 7.01. The van der Waals surface area contributed by atoms with E-state index in [1.165, 1.54) is 64.2 Å². The summed E-state index contributed by atoms with van der Waals surface area (Å²) in [5.74, 6) is 0. The van der Waals surface area contributed by atoms with Crippen LogP contribution in [0.15, 0.2) is 0 Å². The molecule has 0 saturated heterocycles. The van der Waals surface area contributed by atoms with Crippen molar-refractivity contribution >= 4 is 12.1 Å². The van der Waals surface area contributed by atoms with Crippen molar-refractivity contribution in [3.8, 4) is 0 Å². The highest BCUT2D eigenvalue weighted by Crippen LogP contribution is 2.45. The Hall–Kier alpha value is -1.46. The van der Waals surface area contributed by atoms with Crippen molar-refractivity contribution in [2.75, 3.05) is 6.54 Å². The number of hydrogen-bond acceptors (Lipinski definition) is 2. The van der Waals surface area contributed by atoms with Crippen LogP contribution < -0.4 is 21.3 Å². The van der Waals surface area contributed by atoms with Gasteiger partial charge in [0.05, 0.1) is 0 Å². The number of carbonyl (C=O) groups excluding carboxylic acids is 2. The summed E-state index contributed by atoms with van der Waals surface area (Å²) in [4.78, 5) is 25.5. The Morgan fingerprint density at radius 2 is 1.06 bits per heavy atom. The molecule has 2 atom stereocenters. The summed E-state index contributed by atoms with van der Waals surface area (Å²) in [7, 11) is 0. The van der Waals surface area contributed by atoms with Gasteiger partial charge in [0, 0.05) is 24.7 Å². The van der Waals surface area contributed by atoms with Gasteiger partial charge in [-0.3, -0.25) is 0 Å². The zero-order valence-electron chi connectivity index (χ0n) is 22.3. The Morgan fingerprint density at radius 3 is 1.59 bits per heavy atom. The first-order valence-corrected chi connectivity index (χ1v) is 14.3. The number of urea groups is 2. The van der Waals surface area contributed by atoms with E-state index in [4.69, 9.17) is 0 Å². The van der Waals surface area contributed by atoms with E-state index in [9.17, 15) is 9.59 Å². The van der Waals surface area contributed by atoms with E-state index >= 15 is 0 Å². The third-order valence-corrected chi connectivity index (χ3v) is 8.34. The molecule has 3 aliphatic carbocycles. The molecule has 6 nitrogen and oxygen atoms in total. The second-order valence-corrected chi connectivity index (χ2v) is 12.8. The minimum absolute atomic E-state index is 0.00870. The first-order valence-electron chi connectivity index (χ1n) is 14.3. The van der Waals surface area contributed by atoms with Crippen molar-refractivity contribution in [1.82, 2.24) is 21.3 Å². The van der Waals surface area contributed by atoms with Crippen molar-refractivity contribution < 1.29 is 9.59 Å². The monoisotopic (exact) mass is 476 g/mol. The highest BCUT2D eigenvalue weighted by molar-refractivity contribution is 5.75. The topological polar surface area (TPSA) is 82.3 Å². The van der Waals surface area contributed by atoms with Crippen LogP contribution in [0, 0.1) is 10.8 Å². The molecule has 0 spiro atoms. The average Bonchev–Trinajstić information content (AvgIpc) is 2.69. The normalized spacial score (nSPS) is 29.6. The Morgan fingerprint density at radius 1 is 0.618 bits per heavy atom. The van der Waals surface area contributed by atoms with Crippen molar-refractivity contribution in [3.05, 3.63) is 0 Å². The van der Waals surface area contributed by atoms with Crippen LogP contribution >= 0.6 is 0 Å². The number of hydrogen-bond donors (Lipinski definition) is 4. The summed E-state index contributed by atoms with van der Waals surface area (Å²) in [6, 6.07) is 0.717. The van der Waals surface area contributed by atoms with Gasteiger partial charge in [-0.1, -0.05) is 85.0 Å². The molecule has 4 amide bonds. The van der Waals surface area contributed by atoms with Crippen LogP contribution in [0.1, 0.15) is 130 Å². The lowest BCUT2D eigenvalue weighted by Gasteiger charge is -2.47. The zero-order valence-corrected chi connectivity index (χ0v) is 22.3. The molecule has 3 saturated carbocycles. The predicted molar refractivity (Wildman–Crippen MR) is 140 cm³/mol. The van der Waals surface area contributed by atoms with Crippen molar-refractivity contribution in [2.45, 2.75) is 148 Å². The van der Waals surface area contributed by atoms with Gasteiger partial charge in [0.15, 0.2) is 0 Å². The second kappa shape index (κ2) is 13.0. The molecule has 0 radical (unpaired) electrons. The van der Waals surface area contributed by atoms with Gasteiger partial charge >= 0.3 is 12.1 Å². The molecule has 0 aromatic heterocycles. The highest BCUT2D eigenvalue weighted by atomic mass is 16.2. The molecule has 3 aliphatic rings. The lowest BCUT2D eigenvalue weighted by molar-refractivity contribution is 0.0745. The summed E-state index contributed by atoms with van der Waals surface area (Å²) in [6.07, 6.45) is 20.0. The first kappa shape index (κ1) is 27.1. The number of amides is 4. The largest absolute Gasteiger partial charge is 0.338 e. The lowest BCUT2D eigenvalue weighted by atomic mass is 9.62. The van der Waals surface area contributed by atoms with Crippen LogP contribution in [0.5, 0.6) is 0 Å². The molecule has 0 aromatic rings. The molecular formula is C28H52N4O2. The SMILES string of the molecule is CC1(C)C[C@@H](NC(=O)NC2CCCCCCC2)C[C@](C)(CNC(=O)NC2CCCCCCC2)C1. The Balaban J connectivity index is 1.47. The van der Waals surface area contributed by atoms with Crippen molar-refractivity contribution in [2.24, 2.45) is 10.8 Å². The van der Waals surface area contributed by atoms with E-state index in [0.29, 0.717) is 18.6 Å². The number of carbonyl (C=O) groups is 2. The quantitative estimate of drug-likeness (QED) is 0.370. The van der Waals surface area contributed by atoms with Crippen LogP contribution in [0.3, 0.4) is 0 Å². The molecule has 0 aromatic carbocycles. The molecular weight excluding hydrogens is 424 g/mol. The van der Waals surface area contributed by atoms with Gasteiger partial charge in [-0.15, -0.1) is 0 Å². The molecule has 6 heteroatoms. The first-order chi connectivity index (χ1) is 16.2. The van der Waals surface area contributed by atoms with Crippen LogP contribution in [0.4, 0.5) is 9.59 Å². The molecule has 0 aliphatic heterocycles. The van der Waals surface area contributed by atoms with Crippen LogP contribution in [0.25, 0.3) is 0 Å². The van der Waals surface area contributed by atoms with Gasteiger partial charge in [0.1, 0.15) is 0 Å². The van der Waals surface area contributed by atoms with Gasteiger partial charge < -0.3 is 21.3 Å². The highest BCUT2D eigenvalue weighted by Gasteiger charge is 2.42. The maximum absolute atomic E-state index is 12.8. The van der Waals surface area contributed by atoms with E-state index in [0.717, 1.165) is 44.9 Å². The van der Waals surface area contributed by atoms with E-state index in [1.807, 2.05) is 0 Å². The molecule has 0 heterocycles. The maximum atomic E-state index is 12.8. The fraction of sp³-hybridized carbons (Fsp3) is 0.929. The standard InChI is InChI=1S/C28H52N4O2/c1-27(2)18-24(32-26(34)31-23-16-12-8-5-9-13-17-23)19-28(3,20-27)21-29-25(33)30-22-14-10-6-4-7-11-15-22/h22-24H,4-21H2,1-3H3,(H2,29,30,33)(H2,31,32,34)/t24-,28+/m1/s1. The fourth-order valence-corrected chi connectivity index (χ4v) is 7.01.